The van der Waals surface area contributed by atoms with E-state index < -0.39 is 0 Å². The normalized spacial score (nSPS) is 11.6. The molecule has 0 aromatic carbocycles. The van der Waals surface area contributed by atoms with Crippen molar-refractivity contribution in [3.8, 4) is 0 Å². The zero-order valence-corrected chi connectivity index (χ0v) is 9.85. The average Bonchev–Trinajstić information content (AvgIpc) is 2.65. The highest BCUT2D eigenvalue weighted by Gasteiger charge is 2.10. The fourth-order valence-electron chi connectivity index (χ4n) is 1.55. The molecule has 0 radical (unpaired) electrons. The summed E-state index contributed by atoms with van der Waals surface area (Å²) in [4.78, 5) is 6.54. The van der Waals surface area contributed by atoms with Crippen LogP contribution in [-0.4, -0.2) is 39.3 Å². The summed E-state index contributed by atoms with van der Waals surface area (Å²) in [5.41, 5.74) is 5.55. The largest absolute Gasteiger partial charge is 0.329 e. The molecule has 15 heavy (non-hydrogen) atoms. The van der Waals surface area contributed by atoms with Gasteiger partial charge in [-0.3, -0.25) is 4.90 Å². The summed E-state index contributed by atoms with van der Waals surface area (Å²) in [5, 5.41) is 4.21. The standard InChI is InChI=1S/C10H21N5/c1-4-14(6-5-11)7-10-12-8-13-15(10)9(2)3/h8-9H,4-7,11H2,1-3H3. The van der Waals surface area contributed by atoms with E-state index in [1.54, 1.807) is 6.33 Å². The van der Waals surface area contributed by atoms with Gasteiger partial charge in [-0.2, -0.15) is 5.10 Å². The first kappa shape index (κ1) is 12.1. The summed E-state index contributed by atoms with van der Waals surface area (Å²) in [7, 11) is 0. The Bertz CT molecular complexity index is 281. The molecule has 5 heteroatoms. The molecule has 0 atom stereocenters. The van der Waals surface area contributed by atoms with Gasteiger partial charge in [0, 0.05) is 19.1 Å². The number of aromatic nitrogens is 3. The maximum atomic E-state index is 5.55. The van der Waals surface area contributed by atoms with Crippen LogP contribution in [0.4, 0.5) is 0 Å². The van der Waals surface area contributed by atoms with E-state index in [2.05, 4.69) is 35.8 Å². The average molecular weight is 211 g/mol. The molecule has 0 bridgehead atoms. The highest BCUT2D eigenvalue weighted by molar-refractivity contribution is 4.86. The van der Waals surface area contributed by atoms with Gasteiger partial charge in [0.1, 0.15) is 12.2 Å². The van der Waals surface area contributed by atoms with Gasteiger partial charge in [0.15, 0.2) is 0 Å². The third kappa shape index (κ3) is 3.28. The van der Waals surface area contributed by atoms with Crippen LogP contribution >= 0.6 is 0 Å². The van der Waals surface area contributed by atoms with Gasteiger partial charge in [0.2, 0.25) is 0 Å². The zero-order valence-electron chi connectivity index (χ0n) is 9.85. The lowest BCUT2D eigenvalue weighted by Gasteiger charge is -2.19. The number of hydrogen-bond donors (Lipinski definition) is 1. The highest BCUT2D eigenvalue weighted by Crippen LogP contribution is 2.07. The van der Waals surface area contributed by atoms with E-state index >= 15 is 0 Å². The van der Waals surface area contributed by atoms with Crippen LogP contribution in [0.15, 0.2) is 6.33 Å². The van der Waals surface area contributed by atoms with Crippen LogP contribution in [0.5, 0.6) is 0 Å². The molecular weight excluding hydrogens is 190 g/mol. The molecule has 5 nitrogen and oxygen atoms in total. The van der Waals surface area contributed by atoms with Gasteiger partial charge in [0.25, 0.3) is 0 Å². The Hall–Kier alpha value is -0.940. The number of nitrogens with two attached hydrogens (primary N) is 1. The minimum absolute atomic E-state index is 0.360. The summed E-state index contributed by atoms with van der Waals surface area (Å²) in [6.07, 6.45) is 1.62. The minimum Gasteiger partial charge on any atom is -0.329 e. The van der Waals surface area contributed by atoms with Crippen molar-refractivity contribution >= 4 is 0 Å². The summed E-state index contributed by atoms with van der Waals surface area (Å²) < 4.78 is 1.96. The first-order valence-corrected chi connectivity index (χ1v) is 5.49. The van der Waals surface area contributed by atoms with Crippen molar-refractivity contribution in [1.82, 2.24) is 19.7 Å². The highest BCUT2D eigenvalue weighted by atomic mass is 15.4. The summed E-state index contributed by atoms with van der Waals surface area (Å²) in [6, 6.07) is 0.360. The van der Waals surface area contributed by atoms with E-state index in [1.807, 2.05) is 4.68 Å². The van der Waals surface area contributed by atoms with Gasteiger partial charge in [0.05, 0.1) is 6.54 Å². The van der Waals surface area contributed by atoms with Crippen molar-refractivity contribution < 1.29 is 0 Å². The fourth-order valence-corrected chi connectivity index (χ4v) is 1.55. The van der Waals surface area contributed by atoms with E-state index in [0.717, 1.165) is 25.5 Å². The molecule has 2 N–H and O–H groups in total. The maximum Gasteiger partial charge on any atom is 0.141 e. The molecule has 0 fully saturated rings. The van der Waals surface area contributed by atoms with Crippen LogP contribution in [0.3, 0.4) is 0 Å². The molecule has 0 unspecified atom stereocenters. The third-order valence-corrected chi connectivity index (χ3v) is 2.39. The van der Waals surface area contributed by atoms with E-state index in [-0.39, 0.29) is 0 Å². The molecule has 0 saturated heterocycles. The van der Waals surface area contributed by atoms with Crippen LogP contribution in [-0.2, 0) is 6.54 Å². The van der Waals surface area contributed by atoms with Crippen molar-refractivity contribution in [2.24, 2.45) is 5.73 Å². The molecule has 0 aliphatic rings. The Labute approximate surface area is 91.3 Å². The number of likely N-dealkylation sites (N-methyl/N-ethyl adjacent to an activating group) is 1. The van der Waals surface area contributed by atoms with Crippen LogP contribution in [0.25, 0.3) is 0 Å². The second-order valence-electron chi connectivity index (χ2n) is 3.87. The molecule has 1 aromatic rings. The van der Waals surface area contributed by atoms with Crippen LogP contribution < -0.4 is 5.73 Å². The van der Waals surface area contributed by atoms with Crippen molar-refractivity contribution in [2.45, 2.75) is 33.4 Å². The third-order valence-electron chi connectivity index (χ3n) is 2.39. The van der Waals surface area contributed by atoms with E-state index in [4.69, 9.17) is 5.73 Å². The van der Waals surface area contributed by atoms with E-state index in [1.165, 1.54) is 0 Å². The number of nitrogens with zero attached hydrogens (tertiary/aromatic N) is 4. The van der Waals surface area contributed by atoms with Crippen molar-refractivity contribution in [2.75, 3.05) is 19.6 Å². The molecule has 1 aromatic heterocycles. The maximum absolute atomic E-state index is 5.55. The minimum atomic E-state index is 0.360. The Balaban J connectivity index is 2.65. The van der Waals surface area contributed by atoms with Gasteiger partial charge in [-0.15, -0.1) is 0 Å². The van der Waals surface area contributed by atoms with Crippen molar-refractivity contribution in [1.29, 1.82) is 0 Å². The van der Waals surface area contributed by atoms with E-state index in [9.17, 15) is 0 Å². The molecule has 0 saturated carbocycles. The predicted octanol–water partition coefficient (Wildman–Crippen LogP) is 0.640. The van der Waals surface area contributed by atoms with Crippen molar-refractivity contribution in [3.05, 3.63) is 12.2 Å². The molecular formula is C10H21N5. The second kappa shape index (κ2) is 5.82. The van der Waals surface area contributed by atoms with Crippen LogP contribution in [0.1, 0.15) is 32.6 Å². The zero-order chi connectivity index (χ0) is 11.3. The first-order valence-electron chi connectivity index (χ1n) is 5.49. The second-order valence-corrected chi connectivity index (χ2v) is 3.87. The Morgan fingerprint density at radius 3 is 2.80 bits per heavy atom. The predicted molar refractivity (Wildman–Crippen MR) is 60.4 cm³/mol. The van der Waals surface area contributed by atoms with Crippen molar-refractivity contribution in [3.63, 3.8) is 0 Å². The lowest BCUT2D eigenvalue weighted by Crippen LogP contribution is -2.30. The monoisotopic (exact) mass is 211 g/mol. The SMILES string of the molecule is CCN(CCN)Cc1ncnn1C(C)C. The van der Waals surface area contributed by atoms with Gasteiger partial charge in [-0.05, 0) is 20.4 Å². The summed E-state index contributed by atoms with van der Waals surface area (Å²) in [6.45, 7) is 9.75. The molecule has 1 rings (SSSR count). The lowest BCUT2D eigenvalue weighted by atomic mass is 10.4. The Kier molecular flexibility index (Phi) is 4.71. The summed E-state index contributed by atoms with van der Waals surface area (Å²) >= 11 is 0. The molecule has 1 heterocycles. The first-order chi connectivity index (χ1) is 7.19. The molecule has 0 aliphatic carbocycles. The number of hydrogen-bond acceptors (Lipinski definition) is 4. The van der Waals surface area contributed by atoms with Gasteiger partial charge in [-0.25, -0.2) is 9.67 Å². The van der Waals surface area contributed by atoms with Crippen LogP contribution in [0.2, 0.25) is 0 Å². The Morgan fingerprint density at radius 1 is 1.53 bits per heavy atom. The van der Waals surface area contributed by atoms with E-state index in [0.29, 0.717) is 12.6 Å². The van der Waals surface area contributed by atoms with Gasteiger partial charge >= 0.3 is 0 Å². The van der Waals surface area contributed by atoms with Crippen LogP contribution in [0, 0.1) is 0 Å². The Morgan fingerprint density at radius 2 is 2.27 bits per heavy atom. The summed E-state index contributed by atoms with van der Waals surface area (Å²) in [5.74, 6) is 1.01. The number of rotatable bonds is 6. The quantitative estimate of drug-likeness (QED) is 0.750. The smallest absolute Gasteiger partial charge is 0.141 e. The van der Waals surface area contributed by atoms with Gasteiger partial charge < -0.3 is 5.73 Å². The lowest BCUT2D eigenvalue weighted by molar-refractivity contribution is 0.271. The molecule has 86 valence electrons. The topological polar surface area (TPSA) is 60.0 Å². The fraction of sp³-hybridized carbons (Fsp3) is 0.800. The molecule has 0 aliphatic heterocycles. The molecule has 0 amide bonds. The van der Waals surface area contributed by atoms with Gasteiger partial charge in [-0.1, -0.05) is 6.92 Å². The molecule has 0 spiro atoms.